The Bertz CT molecular complexity index is 566. The Labute approximate surface area is 121 Å². The Balaban J connectivity index is 2.41. The van der Waals surface area contributed by atoms with Gasteiger partial charge in [0.1, 0.15) is 5.75 Å². The second-order valence-corrected chi connectivity index (χ2v) is 5.16. The lowest BCUT2D eigenvalue weighted by Crippen LogP contribution is -2.19. The van der Waals surface area contributed by atoms with E-state index < -0.39 is 0 Å². The van der Waals surface area contributed by atoms with Gasteiger partial charge in [0.2, 0.25) is 0 Å². The van der Waals surface area contributed by atoms with Gasteiger partial charge in [0.05, 0.1) is 12.1 Å². The standard InChI is InChI=1S/C17H22N2O/c1-12(2)20-16-8-6-5-7-15(16)17(18-4)14-9-10-19-13(3)11-14/h5-12,17-18H,1-4H3. The molecule has 0 amide bonds. The van der Waals surface area contributed by atoms with Crippen LogP contribution in [0.1, 0.15) is 36.7 Å². The minimum absolute atomic E-state index is 0.103. The zero-order valence-electron chi connectivity index (χ0n) is 12.6. The van der Waals surface area contributed by atoms with Crippen LogP contribution in [-0.2, 0) is 0 Å². The minimum atomic E-state index is 0.103. The third-order valence-electron chi connectivity index (χ3n) is 3.14. The van der Waals surface area contributed by atoms with Gasteiger partial charge in [-0.25, -0.2) is 0 Å². The fourth-order valence-electron chi connectivity index (χ4n) is 2.33. The molecule has 0 radical (unpaired) electrons. The van der Waals surface area contributed by atoms with E-state index in [1.807, 2.05) is 58.3 Å². The zero-order chi connectivity index (χ0) is 14.5. The largest absolute Gasteiger partial charge is 0.491 e. The maximum atomic E-state index is 5.92. The molecule has 0 fully saturated rings. The smallest absolute Gasteiger partial charge is 0.124 e. The fraction of sp³-hybridized carbons (Fsp3) is 0.353. The summed E-state index contributed by atoms with van der Waals surface area (Å²) in [7, 11) is 1.96. The van der Waals surface area contributed by atoms with E-state index in [1.54, 1.807) is 0 Å². The van der Waals surface area contributed by atoms with Gasteiger partial charge in [0.25, 0.3) is 0 Å². The molecule has 1 N–H and O–H groups in total. The van der Waals surface area contributed by atoms with E-state index in [1.165, 1.54) is 5.56 Å². The van der Waals surface area contributed by atoms with Crippen molar-refractivity contribution in [3.8, 4) is 5.75 Å². The molecular weight excluding hydrogens is 248 g/mol. The van der Waals surface area contributed by atoms with Gasteiger partial charge in [-0.05, 0) is 51.6 Å². The molecule has 1 heterocycles. The average molecular weight is 270 g/mol. The van der Waals surface area contributed by atoms with Crippen LogP contribution >= 0.6 is 0 Å². The predicted molar refractivity (Wildman–Crippen MR) is 82.1 cm³/mol. The number of ether oxygens (including phenoxy) is 1. The van der Waals surface area contributed by atoms with Crippen LogP contribution in [0.15, 0.2) is 42.6 Å². The van der Waals surface area contributed by atoms with Gasteiger partial charge in [-0.3, -0.25) is 4.98 Å². The monoisotopic (exact) mass is 270 g/mol. The summed E-state index contributed by atoms with van der Waals surface area (Å²) in [5.74, 6) is 0.927. The van der Waals surface area contributed by atoms with Gasteiger partial charge in [-0.15, -0.1) is 0 Å². The second-order valence-electron chi connectivity index (χ2n) is 5.16. The first-order valence-corrected chi connectivity index (χ1v) is 6.97. The van der Waals surface area contributed by atoms with Crippen molar-refractivity contribution in [3.63, 3.8) is 0 Å². The second kappa shape index (κ2) is 6.53. The lowest BCUT2D eigenvalue weighted by atomic mass is 9.98. The number of nitrogens with zero attached hydrogens (tertiary/aromatic N) is 1. The molecule has 1 unspecified atom stereocenters. The summed E-state index contributed by atoms with van der Waals surface area (Å²) < 4.78 is 5.92. The van der Waals surface area contributed by atoms with E-state index in [2.05, 4.69) is 22.4 Å². The molecule has 3 heteroatoms. The minimum Gasteiger partial charge on any atom is -0.491 e. The summed E-state index contributed by atoms with van der Waals surface area (Å²) in [6, 6.07) is 12.4. The van der Waals surface area contributed by atoms with Crippen LogP contribution in [-0.4, -0.2) is 18.1 Å². The van der Waals surface area contributed by atoms with Crippen molar-refractivity contribution in [2.75, 3.05) is 7.05 Å². The molecule has 106 valence electrons. The van der Waals surface area contributed by atoms with E-state index in [4.69, 9.17) is 4.74 Å². The van der Waals surface area contributed by atoms with Gasteiger partial charge in [0, 0.05) is 17.5 Å². The van der Waals surface area contributed by atoms with E-state index in [9.17, 15) is 0 Å². The lowest BCUT2D eigenvalue weighted by molar-refractivity contribution is 0.238. The highest BCUT2D eigenvalue weighted by atomic mass is 16.5. The Morgan fingerprint density at radius 3 is 2.55 bits per heavy atom. The maximum absolute atomic E-state index is 5.92. The topological polar surface area (TPSA) is 34.2 Å². The van der Waals surface area contributed by atoms with Crippen molar-refractivity contribution < 1.29 is 4.74 Å². The first-order valence-electron chi connectivity index (χ1n) is 6.97. The fourth-order valence-corrected chi connectivity index (χ4v) is 2.33. The Hall–Kier alpha value is -1.87. The highest BCUT2D eigenvalue weighted by molar-refractivity contribution is 5.41. The number of para-hydroxylation sites is 1. The van der Waals surface area contributed by atoms with Crippen molar-refractivity contribution in [1.29, 1.82) is 0 Å². The summed E-state index contributed by atoms with van der Waals surface area (Å²) in [5.41, 5.74) is 3.36. The number of nitrogens with one attached hydrogen (secondary N) is 1. The Kier molecular flexibility index (Phi) is 4.74. The van der Waals surface area contributed by atoms with Crippen LogP contribution in [0.2, 0.25) is 0 Å². The molecule has 0 aliphatic carbocycles. The number of aromatic nitrogens is 1. The average Bonchev–Trinajstić information content (AvgIpc) is 2.41. The number of aryl methyl sites for hydroxylation is 1. The van der Waals surface area contributed by atoms with Crippen molar-refractivity contribution in [3.05, 3.63) is 59.4 Å². The van der Waals surface area contributed by atoms with Crippen LogP contribution in [0.25, 0.3) is 0 Å². The normalized spacial score (nSPS) is 12.4. The van der Waals surface area contributed by atoms with Gasteiger partial charge in [-0.2, -0.15) is 0 Å². The molecule has 0 saturated heterocycles. The first-order chi connectivity index (χ1) is 9.61. The number of rotatable bonds is 5. The summed E-state index contributed by atoms with van der Waals surface area (Å²) in [5, 5.41) is 3.37. The lowest BCUT2D eigenvalue weighted by Gasteiger charge is -2.22. The van der Waals surface area contributed by atoms with E-state index >= 15 is 0 Å². The summed E-state index contributed by atoms with van der Waals surface area (Å²) in [6.07, 6.45) is 2.01. The molecule has 1 aromatic heterocycles. The number of hydrogen-bond donors (Lipinski definition) is 1. The predicted octanol–water partition coefficient (Wildman–Crippen LogP) is 3.49. The molecule has 3 nitrogen and oxygen atoms in total. The quantitative estimate of drug-likeness (QED) is 0.903. The van der Waals surface area contributed by atoms with Gasteiger partial charge in [-0.1, -0.05) is 18.2 Å². The highest BCUT2D eigenvalue weighted by Gasteiger charge is 2.17. The van der Waals surface area contributed by atoms with E-state index in [-0.39, 0.29) is 12.1 Å². The molecule has 0 spiro atoms. The third kappa shape index (κ3) is 3.36. The molecule has 0 bridgehead atoms. The molecule has 0 aliphatic heterocycles. The molecule has 2 aromatic rings. The molecule has 0 aliphatic rings. The first kappa shape index (κ1) is 14.5. The van der Waals surface area contributed by atoms with Crippen LogP contribution < -0.4 is 10.1 Å². The van der Waals surface area contributed by atoms with Crippen LogP contribution in [0, 0.1) is 6.92 Å². The van der Waals surface area contributed by atoms with E-state index in [0.29, 0.717) is 0 Å². The number of hydrogen-bond acceptors (Lipinski definition) is 3. The van der Waals surface area contributed by atoms with Gasteiger partial charge in [0.15, 0.2) is 0 Å². The Morgan fingerprint density at radius 1 is 1.15 bits per heavy atom. The van der Waals surface area contributed by atoms with Gasteiger partial charge < -0.3 is 10.1 Å². The van der Waals surface area contributed by atoms with Gasteiger partial charge >= 0.3 is 0 Å². The summed E-state index contributed by atoms with van der Waals surface area (Å²) >= 11 is 0. The highest BCUT2D eigenvalue weighted by Crippen LogP contribution is 2.30. The SMILES string of the molecule is CNC(c1ccnc(C)c1)c1ccccc1OC(C)C. The zero-order valence-corrected chi connectivity index (χ0v) is 12.6. The Morgan fingerprint density at radius 2 is 1.90 bits per heavy atom. The van der Waals surface area contributed by atoms with Crippen LogP contribution in [0.4, 0.5) is 0 Å². The summed E-state index contributed by atoms with van der Waals surface area (Å²) in [6.45, 7) is 6.09. The molecule has 20 heavy (non-hydrogen) atoms. The third-order valence-corrected chi connectivity index (χ3v) is 3.14. The maximum Gasteiger partial charge on any atom is 0.124 e. The summed E-state index contributed by atoms with van der Waals surface area (Å²) in [4.78, 5) is 4.26. The molecule has 2 rings (SSSR count). The number of benzene rings is 1. The molecule has 0 saturated carbocycles. The van der Waals surface area contributed by atoms with Crippen molar-refractivity contribution >= 4 is 0 Å². The van der Waals surface area contributed by atoms with Crippen LogP contribution in [0.3, 0.4) is 0 Å². The van der Waals surface area contributed by atoms with Crippen molar-refractivity contribution in [2.24, 2.45) is 0 Å². The number of pyridine rings is 1. The van der Waals surface area contributed by atoms with E-state index in [0.717, 1.165) is 17.0 Å². The molecule has 1 atom stereocenters. The van der Waals surface area contributed by atoms with Crippen molar-refractivity contribution in [1.82, 2.24) is 10.3 Å². The van der Waals surface area contributed by atoms with Crippen LogP contribution in [0.5, 0.6) is 5.75 Å². The molecular formula is C17H22N2O. The van der Waals surface area contributed by atoms with Crippen molar-refractivity contribution in [2.45, 2.75) is 32.9 Å². The molecule has 1 aromatic carbocycles.